The molecule has 6 heteroatoms. The van der Waals surface area contributed by atoms with E-state index in [1.807, 2.05) is 0 Å². The van der Waals surface area contributed by atoms with Gasteiger partial charge in [0.15, 0.2) is 0 Å². The zero-order valence-corrected chi connectivity index (χ0v) is 9.50. The molecular formula is C11H16F3N3. The topological polar surface area (TPSA) is 43.8 Å². The van der Waals surface area contributed by atoms with E-state index in [1.165, 1.54) is 6.20 Å². The fourth-order valence-corrected chi connectivity index (χ4v) is 2.46. The molecule has 0 spiro atoms. The summed E-state index contributed by atoms with van der Waals surface area (Å²) in [7, 11) is 0. The van der Waals surface area contributed by atoms with Crippen LogP contribution < -0.4 is 5.73 Å². The first-order valence-electron chi connectivity index (χ1n) is 5.87. The highest BCUT2D eigenvalue weighted by Crippen LogP contribution is 2.37. The van der Waals surface area contributed by atoms with E-state index in [4.69, 9.17) is 5.73 Å². The highest BCUT2D eigenvalue weighted by atomic mass is 19.4. The van der Waals surface area contributed by atoms with Crippen LogP contribution in [0.1, 0.15) is 49.4 Å². The van der Waals surface area contributed by atoms with Crippen LogP contribution in [0.2, 0.25) is 0 Å². The molecule has 0 aromatic carbocycles. The lowest BCUT2D eigenvalue weighted by molar-refractivity contribution is -0.145. The van der Waals surface area contributed by atoms with Crippen LogP contribution in [-0.2, 0) is 12.7 Å². The summed E-state index contributed by atoms with van der Waals surface area (Å²) >= 11 is 0. The number of nitrogens with two attached hydrogens (primary N) is 1. The zero-order valence-electron chi connectivity index (χ0n) is 9.50. The number of hydrogen-bond acceptors (Lipinski definition) is 2. The first-order chi connectivity index (χ1) is 8.04. The van der Waals surface area contributed by atoms with E-state index in [1.54, 1.807) is 0 Å². The molecule has 0 atom stereocenters. The van der Waals surface area contributed by atoms with Crippen LogP contribution in [0.4, 0.5) is 13.2 Å². The summed E-state index contributed by atoms with van der Waals surface area (Å²) in [6.45, 7) is -0.123. The third-order valence-corrected chi connectivity index (χ3v) is 3.28. The van der Waals surface area contributed by atoms with Gasteiger partial charge in [-0.05, 0) is 12.8 Å². The standard InChI is InChI=1S/C11H16F3N3/c12-11(13,14)10-8(6-15)7-16-17(10)9-4-2-1-3-5-9/h7,9H,1-6,15H2. The highest BCUT2D eigenvalue weighted by molar-refractivity contribution is 5.21. The van der Waals surface area contributed by atoms with Gasteiger partial charge in [-0.1, -0.05) is 19.3 Å². The molecule has 1 aliphatic carbocycles. The lowest BCUT2D eigenvalue weighted by Crippen LogP contribution is -2.22. The molecule has 1 heterocycles. The SMILES string of the molecule is NCc1cnn(C2CCCCC2)c1C(F)(F)F. The summed E-state index contributed by atoms with van der Waals surface area (Å²) in [6, 6.07) is -0.124. The van der Waals surface area contributed by atoms with Crippen molar-refractivity contribution in [2.45, 2.75) is 50.9 Å². The van der Waals surface area contributed by atoms with Crippen molar-refractivity contribution in [1.82, 2.24) is 9.78 Å². The van der Waals surface area contributed by atoms with Gasteiger partial charge in [0.2, 0.25) is 0 Å². The van der Waals surface area contributed by atoms with Gasteiger partial charge < -0.3 is 5.73 Å². The van der Waals surface area contributed by atoms with Crippen molar-refractivity contribution < 1.29 is 13.2 Å². The van der Waals surface area contributed by atoms with Gasteiger partial charge in [0, 0.05) is 12.1 Å². The number of aromatic nitrogens is 2. The maximum absolute atomic E-state index is 13.0. The van der Waals surface area contributed by atoms with Gasteiger partial charge >= 0.3 is 6.18 Å². The third-order valence-electron chi connectivity index (χ3n) is 3.28. The zero-order chi connectivity index (χ0) is 12.5. The molecule has 1 aromatic heterocycles. The van der Waals surface area contributed by atoms with Gasteiger partial charge in [-0.2, -0.15) is 18.3 Å². The lowest BCUT2D eigenvalue weighted by Gasteiger charge is -2.24. The molecule has 1 aromatic rings. The molecule has 17 heavy (non-hydrogen) atoms. The molecule has 96 valence electrons. The molecule has 1 fully saturated rings. The van der Waals surface area contributed by atoms with Gasteiger partial charge in [0.05, 0.1) is 12.2 Å². The van der Waals surface area contributed by atoms with E-state index >= 15 is 0 Å². The monoisotopic (exact) mass is 247 g/mol. The van der Waals surface area contributed by atoms with E-state index in [2.05, 4.69) is 5.10 Å². The Morgan fingerprint density at radius 2 is 1.94 bits per heavy atom. The Kier molecular flexibility index (Phi) is 3.42. The molecular weight excluding hydrogens is 231 g/mol. The second-order valence-electron chi connectivity index (χ2n) is 4.46. The summed E-state index contributed by atoms with van der Waals surface area (Å²) in [4.78, 5) is 0. The lowest BCUT2D eigenvalue weighted by atomic mass is 9.95. The fraction of sp³-hybridized carbons (Fsp3) is 0.727. The van der Waals surface area contributed by atoms with Crippen LogP contribution in [0.5, 0.6) is 0 Å². The molecule has 0 unspecified atom stereocenters. The average Bonchev–Trinajstić information content (AvgIpc) is 2.73. The average molecular weight is 247 g/mol. The second kappa shape index (κ2) is 4.68. The largest absolute Gasteiger partial charge is 0.433 e. The van der Waals surface area contributed by atoms with E-state index < -0.39 is 11.9 Å². The minimum atomic E-state index is -4.37. The smallest absolute Gasteiger partial charge is 0.326 e. The first kappa shape index (κ1) is 12.4. The van der Waals surface area contributed by atoms with Crippen LogP contribution in [-0.4, -0.2) is 9.78 Å². The number of hydrogen-bond donors (Lipinski definition) is 1. The van der Waals surface area contributed by atoms with Crippen molar-refractivity contribution in [2.75, 3.05) is 0 Å². The molecule has 0 saturated heterocycles. The summed E-state index contributed by atoms with van der Waals surface area (Å²) in [5, 5.41) is 3.89. The van der Waals surface area contributed by atoms with Gasteiger partial charge in [0.25, 0.3) is 0 Å². The third kappa shape index (κ3) is 2.46. The maximum Gasteiger partial charge on any atom is 0.433 e. The molecule has 1 aliphatic rings. The molecule has 2 rings (SSSR count). The molecule has 0 amide bonds. The number of nitrogens with zero attached hydrogens (tertiary/aromatic N) is 2. The van der Waals surface area contributed by atoms with Crippen LogP contribution in [0.3, 0.4) is 0 Å². The molecule has 0 radical (unpaired) electrons. The second-order valence-corrected chi connectivity index (χ2v) is 4.46. The van der Waals surface area contributed by atoms with Gasteiger partial charge in [0.1, 0.15) is 5.69 Å². The summed E-state index contributed by atoms with van der Waals surface area (Å²) in [6.07, 6.45) is 1.46. The van der Waals surface area contributed by atoms with Crippen LogP contribution in [0.25, 0.3) is 0 Å². The van der Waals surface area contributed by atoms with Crippen molar-refractivity contribution in [3.63, 3.8) is 0 Å². The van der Waals surface area contributed by atoms with E-state index in [0.29, 0.717) is 0 Å². The molecule has 0 aliphatic heterocycles. The van der Waals surface area contributed by atoms with E-state index in [0.717, 1.165) is 36.8 Å². The van der Waals surface area contributed by atoms with Gasteiger partial charge in [-0.25, -0.2) is 0 Å². The summed E-state index contributed by atoms with van der Waals surface area (Å²) in [5.74, 6) is 0. The minimum absolute atomic E-state index is 0.0862. The highest BCUT2D eigenvalue weighted by Gasteiger charge is 2.39. The predicted molar refractivity (Wildman–Crippen MR) is 57.2 cm³/mol. The summed E-state index contributed by atoms with van der Waals surface area (Å²) in [5.41, 5.74) is 4.76. The molecule has 0 bridgehead atoms. The Balaban J connectivity index is 2.36. The van der Waals surface area contributed by atoms with E-state index in [-0.39, 0.29) is 18.2 Å². The summed E-state index contributed by atoms with van der Waals surface area (Å²) < 4.78 is 40.0. The Labute approximate surface area is 97.8 Å². The number of rotatable bonds is 2. The van der Waals surface area contributed by atoms with Crippen LogP contribution >= 0.6 is 0 Å². The molecule has 3 nitrogen and oxygen atoms in total. The minimum Gasteiger partial charge on any atom is -0.326 e. The Bertz CT molecular complexity index is 378. The molecule has 2 N–H and O–H groups in total. The fourth-order valence-electron chi connectivity index (χ4n) is 2.46. The van der Waals surface area contributed by atoms with Crippen molar-refractivity contribution in [3.05, 3.63) is 17.5 Å². The Morgan fingerprint density at radius 1 is 1.29 bits per heavy atom. The maximum atomic E-state index is 13.0. The van der Waals surface area contributed by atoms with Crippen molar-refractivity contribution >= 4 is 0 Å². The van der Waals surface area contributed by atoms with Crippen molar-refractivity contribution in [3.8, 4) is 0 Å². The Morgan fingerprint density at radius 3 is 2.47 bits per heavy atom. The number of halogens is 3. The quantitative estimate of drug-likeness (QED) is 0.873. The number of alkyl halides is 3. The van der Waals surface area contributed by atoms with Crippen molar-refractivity contribution in [1.29, 1.82) is 0 Å². The first-order valence-corrected chi connectivity index (χ1v) is 5.87. The van der Waals surface area contributed by atoms with Crippen LogP contribution in [0.15, 0.2) is 6.20 Å². The Hall–Kier alpha value is -1.04. The van der Waals surface area contributed by atoms with Gasteiger partial charge in [-0.15, -0.1) is 0 Å². The van der Waals surface area contributed by atoms with Crippen molar-refractivity contribution in [2.24, 2.45) is 5.73 Å². The van der Waals surface area contributed by atoms with E-state index in [9.17, 15) is 13.2 Å². The molecule has 1 saturated carbocycles. The van der Waals surface area contributed by atoms with Gasteiger partial charge in [-0.3, -0.25) is 4.68 Å². The predicted octanol–water partition coefficient (Wildman–Crippen LogP) is 2.87. The van der Waals surface area contributed by atoms with Crippen LogP contribution in [0, 0.1) is 0 Å². The normalized spacial score (nSPS) is 18.6.